The first-order valence-corrected chi connectivity index (χ1v) is 10.9. The van der Waals surface area contributed by atoms with E-state index >= 15 is 0 Å². The van der Waals surface area contributed by atoms with E-state index in [0.717, 1.165) is 44.2 Å². The average Bonchev–Trinajstić information content (AvgIpc) is 3.19. The highest BCUT2D eigenvalue weighted by molar-refractivity contribution is 14.0. The van der Waals surface area contributed by atoms with Crippen molar-refractivity contribution >= 4 is 35.8 Å². The molecule has 0 heterocycles. The summed E-state index contributed by atoms with van der Waals surface area (Å²) in [6, 6.07) is 7.69. The number of rotatable bonds is 10. The Balaban J connectivity index is 0.00000450. The van der Waals surface area contributed by atoms with Gasteiger partial charge in [0, 0.05) is 46.0 Å². The Hall–Kier alpha value is -1.35. The zero-order valence-corrected chi connectivity index (χ0v) is 21.3. The van der Waals surface area contributed by atoms with Gasteiger partial charge in [0.1, 0.15) is 0 Å². The van der Waals surface area contributed by atoms with Crippen LogP contribution in [0.15, 0.2) is 29.3 Å². The molecule has 0 atom stereocenters. The highest BCUT2D eigenvalue weighted by Gasteiger charge is 2.33. The van der Waals surface area contributed by atoms with Crippen molar-refractivity contribution in [2.24, 2.45) is 10.4 Å². The number of amides is 1. The Labute approximate surface area is 199 Å². The van der Waals surface area contributed by atoms with Crippen LogP contribution in [-0.4, -0.2) is 57.2 Å². The van der Waals surface area contributed by atoms with E-state index in [1.165, 1.54) is 25.7 Å². The fourth-order valence-corrected chi connectivity index (χ4v) is 3.87. The van der Waals surface area contributed by atoms with Gasteiger partial charge in [0.25, 0.3) is 5.91 Å². The molecule has 0 radical (unpaired) electrons. The quantitative estimate of drug-likeness (QED) is 0.207. The molecule has 1 aromatic rings. The number of carbonyl (C=O) groups is 1. The number of aliphatic imine (C=N–C) groups is 1. The molecule has 1 amide bonds. The molecule has 6 nitrogen and oxygen atoms in total. The van der Waals surface area contributed by atoms with Gasteiger partial charge in [-0.1, -0.05) is 25.0 Å². The van der Waals surface area contributed by atoms with Crippen molar-refractivity contribution in [2.45, 2.75) is 52.5 Å². The van der Waals surface area contributed by atoms with Crippen molar-refractivity contribution in [2.75, 3.05) is 40.4 Å². The lowest BCUT2D eigenvalue weighted by atomic mass is 9.83. The number of hydrogen-bond acceptors (Lipinski definition) is 3. The van der Waals surface area contributed by atoms with E-state index in [0.29, 0.717) is 17.5 Å². The summed E-state index contributed by atoms with van der Waals surface area (Å²) in [4.78, 5) is 18.3. The first-order valence-electron chi connectivity index (χ1n) is 10.9. The Kier molecular flexibility index (Phi) is 12.3. The molecule has 2 rings (SSSR count). The molecular weight excluding hydrogens is 491 g/mol. The number of hydrogen-bond donors (Lipinski definition) is 2. The summed E-state index contributed by atoms with van der Waals surface area (Å²) in [6.07, 6.45) is 6.23. The number of ether oxygens (including phenoxy) is 1. The average molecular weight is 530 g/mol. The third kappa shape index (κ3) is 8.41. The van der Waals surface area contributed by atoms with Crippen LogP contribution in [0, 0.1) is 5.41 Å². The van der Waals surface area contributed by atoms with Crippen molar-refractivity contribution in [1.29, 1.82) is 0 Å². The number of benzene rings is 1. The van der Waals surface area contributed by atoms with E-state index in [1.807, 2.05) is 24.3 Å². The lowest BCUT2D eigenvalue weighted by molar-refractivity contribution is 0.0827. The van der Waals surface area contributed by atoms with Crippen LogP contribution in [0.4, 0.5) is 0 Å². The molecule has 0 unspecified atom stereocenters. The second-order valence-corrected chi connectivity index (χ2v) is 8.10. The van der Waals surface area contributed by atoms with E-state index in [4.69, 9.17) is 9.73 Å². The second kappa shape index (κ2) is 13.9. The Bertz CT molecular complexity index is 656. The molecule has 0 saturated heterocycles. The Morgan fingerprint density at radius 2 is 1.80 bits per heavy atom. The van der Waals surface area contributed by atoms with Crippen molar-refractivity contribution in [3.05, 3.63) is 35.4 Å². The van der Waals surface area contributed by atoms with Crippen molar-refractivity contribution in [3.8, 4) is 0 Å². The normalized spacial score (nSPS) is 15.4. The summed E-state index contributed by atoms with van der Waals surface area (Å²) in [6.45, 7) is 8.10. The predicted molar refractivity (Wildman–Crippen MR) is 135 cm³/mol. The van der Waals surface area contributed by atoms with Gasteiger partial charge < -0.3 is 20.3 Å². The highest BCUT2D eigenvalue weighted by atomic mass is 127. The molecule has 170 valence electrons. The van der Waals surface area contributed by atoms with Crippen LogP contribution in [0.2, 0.25) is 0 Å². The van der Waals surface area contributed by atoms with Crippen LogP contribution >= 0.6 is 24.0 Å². The van der Waals surface area contributed by atoms with Gasteiger partial charge in [-0.15, -0.1) is 24.0 Å². The Morgan fingerprint density at radius 3 is 2.37 bits per heavy atom. The van der Waals surface area contributed by atoms with Gasteiger partial charge in [-0.2, -0.15) is 0 Å². The summed E-state index contributed by atoms with van der Waals surface area (Å²) in [5, 5.41) is 6.92. The topological polar surface area (TPSA) is 66.0 Å². The van der Waals surface area contributed by atoms with Crippen LogP contribution < -0.4 is 10.6 Å². The maximum absolute atomic E-state index is 12.0. The first-order chi connectivity index (χ1) is 14.0. The maximum Gasteiger partial charge on any atom is 0.253 e. The summed E-state index contributed by atoms with van der Waals surface area (Å²) < 4.78 is 5.62. The van der Waals surface area contributed by atoms with Crippen LogP contribution in [0.3, 0.4) is 0 Å². The minimum absolute atomic E-state index is 0. The minimum atomic E-state index is 0. The monoisotopic (exact) mass is 530 g/mol. The summed E-state index contributed by atoms with van der Waals surface area (Å²) in [5.41, 5.74) is 2.11. The maximum atomic E-state index is 12.0. The molecule has 2 N–H and O–H groups in total. The molecule has 7 heteroatoms. The SMILES string of the molecule is CCNC(=NCc1ccc(C(=O)N(C)C)cc1)NCC1(CCOCC)CCCC1.I. The molecule has 1 aliphatic rings. The molecule has 0 bridgehead atoms. The van der Waals surface area contributed by atoms with Gasteiger partial charge in [-0.05, 0) is 56.2 Å². The van der Waals surface area contributed by atoms with Gasteiger partial charge in [-0.3, -0.25) is 4.79 Å². The van der Waals surface area contributed by atoms with Crippen LogP contribution in [0.5, 0.6) is 0 Å². The molecule has 0 aliphatic heterocycles. The fraction of sp³-hybridized carbons (Fsp3) is 0.652. The molecule has 0 spiro atoms. The third-order valence-corrected chi connectivity index (χ3v) is 5.65. The summed E-state index contributed by atoms with van der Waals surface area (Å²) in [5.74, 6) is 0.868. The molecule has 0 aromatic heterocycles. The van der Waals surface area contributed by atoms with Crippen LogP contribution in [0.1, 0.15) is 61.9 Å². The van der Waals surface area contributed by atoms with E-state index in [1.54, 1.807) is 19.0 Å². The largest absolute Gasteiger partial charge is 0.382 e. The molecule has 30 heavy (non-hydrogen) atoms. The van der Waals surface area contributed by atoms with Crippen molar-refractivity contribution in [3.63, 3.8) is 0 Å². The first kappa shape index (κ1) is 26.7. The molecular formula is C23H39IN4O2. The number of carbonyl (C=O) groups excluding carboxylic acids is 1. The van der Waals surface area contributed by atoms with Crippen LogP contribution in [-0.2, 0) is 11.3 Å². The lowest BCUT2D eigenvalue weighted by Crippen LogP contribution is -2.43. The Morgan fingerprint density at radius 1 is 1.13 bits per heavy atom. The van der Waals surface area contributed by atoms with Crippen molar-refractivity contribution < 1.29 is 9.53 Å². The van der Waals surface area contributed by atoms with Gasteiger partial charge >= 0.3 is 0 Å². The number of guanidine groups is 1. The van der Waals surface area contributed by atoms with Gasteiger partial charge in [-0.25, -0.2) is 4.99 Å². The van der Waals surface area contributed by atoms with E-state index in [9.17, 15) is 4.79 Å². The van der Waals surface area contributed by atoms with E-state index in [2.05, 4.69) is 24.5 Å². The number of nitrogens with zero attached hydrogens (tertiary/aromatic N) is 2. The zero-order valence-electron chi connectivity index (χ0n) is 19.0. The molecule has 1 aliphatic carbocycles. The fourth-order valence-electron chi connectivity index (χ4n) is 3.87. The second-order valence-electron chi connectivity index (χ2n) is 8.10. The minimum Gasteiger partial charge on any atom is -0.382 e. The van der Waals surface area contributed by atoms with Gasteiger partial charge in [0.15, 0.2) is 5.96 Å². The van der Waals surface area contributed by atoms with E-state index < -0.39 is 0 Å². The highest BCUT2D eigenvalue weighted by Crippen LogP contribution is 2.40. The zero-order chi connectivity index (χ0) is 21.1. The third-order valence-electron chi connectivity index (χ3n) is 5.65. The van der Waals surface area contributed by atoms with Gasteiger partial charge in [0.2, 0.25) is 0 Å². The molecule has 1 aromatic carbocycles. The molecule has 1 fully saturated rings. The standard InChI is InChI=1S/C23H38N4O2.HI/c1-5-24-22(26-18-23(13-7-8-14-23)15-16-29-6-2)25-17-19-9-11-20(12-10-19)21(28)27(3)4;/h9-12H,5-8,13-18H2,1-4H3,(H2,24,25,26);1H. The molecule has 1 saturated carbocycles. The summed E-state index contributed by atoms with van der Waals surface area (Å²) in [7, 11) is 3.53. The van der Waals surface area contributed by atoms with E-state index in [-0.39, 0.29) is 29.9 Å². The number of nitrogens with one attached hydrogen (secondary N) is 2. The van der Waals surface area contributed by atoms with Crippen molar-refractivity contribution in [1.82, 2.24) is 15.5 Å². The van der Waals surface area contributed by atoms with Gasteiger partial charge in [0.05, 0.1) is 6.54 Å². The number of halogens is 1. The summed E-state index contributed by atoms with van der Waals surface area (Å²) >= 11 is 0. The lowest BCUT2D eigenvalue weighted by Gasteiger charge is -2.30. The predicted octanol–water partition coefficient (Wildman–Crippen LogP) is 4.05. The smallest absolute Gasteiger partial charge is 0.253 e. The van der Waals surface area contributed by atoms with Crippen LogP contribution in [0.25, 0.3) is 0 Å².